The molecular weight excluding hydrogens is 252 g/mol. The molecule has 0 bridgehead atoms. The Kier molecular flexibility index (Phi) is 4.96. The number of pyridine rings is 1. The highest BCUT2D eigenvalue weighted by Gasteiger charge is 2.11. The Morgan fingerprint density at radius 3 is 2.60 bits per heavy atom. The highest BCUT2D eigenvalue weighted by Crippen LogP contribution is 2.30. The molecule has 0 aliphatic carbocycles. The van der Waals surface area contributed by atoms with Gasteiger partial charge in [-0.05, 0) is 25.1 Å². The van der Waals surface area contributed by atoms with Crippen LogP contribution >= 0.6 is 0 Å². The summed E-state index contributed by atoms with van der Waals surface area (Å²) in [5, 5.41) is 3.44. The fourth-order valence-electron chi connectivity index (χ4n) is 2.09. The van der Waals surface area contributed by atoms with Gasteiger partial charge in [-0.25, -0.2) is 0 Å². The Hall–Kier alpha value is -2.07. The van der Waals surface area contributed by atoms with E-state index in [1.165, 1.54) is 0 Å². The van der Waals surface area contributed by atoms with Crippen LogP contribution < -0.4 is 14.8 Å². The van der Waals surface area contributed by atoms with Crippen molar-refractivity contribution in [2.24, 2.45) is 0 Å². The lowest BCUT2D eigenvalue weighted by atomic mass is 10.1. The van der Waals surface area contributed by atoms with Gasteiger partial charge < -0.3 is 14.8 Å². The molecule has 1 heterocycles. The van der Waals surface area contributed by atoms with Crippen LogP contribution in [0.3, 0.4) is 0 Å². The van der Waals surface area contributed by atoms with Crippen LogP contribution in [0.15, 0.2) is 42.6 Å². The van der Waals surface area contributed by atoms with Gasteiger partial charge in [0, 0.05) is 24.3 Å². The highest BCUT2D eigenvalue weighted by molar-refractivity contribution is 5.46. The van der Waals surface area contributed by atoms with Crippen molar-refractivity contribution in [3.63, 3.8) is 0 Å². The molecule has 0 aliphatic heterocycles. The largest absolute Gasteiger partial charge is 0.493 e. The van der Waals surface area contributed by atoms with Crippen LogP contribution in [-0.2, 0) is 6.54 Å². The first-order valence-corrected chi connectivity index (χ1v) is 6.60. The Bertz CT molecular complexity index is 543. The first-order valence-electron chi connectivity index (χ1n) is 6.60. The number of nitrogens with zero attached hydrogens (tertiary/aromatic N) is 1. The number of hydrogen-bond donors (Lipinski definition) is 1. The molecule has 0 saturated carbocycles. The topological polar surface area (TPSA) is 43.4 Å². The zero-order chi connectivity index (χ0) is 14.4. The lowest BCUT2D eigenvalue weighted by Crippen LogP contribution is -2.19. The molecule has 1 aromatic carbocycles. The minimum atomic E-state index is 0.173. The van der Waals surface area contributed by atoms with E-state index in [-0.39, 0.29) is 6.04 Å². The molecule has 0 saturated heterocycles. The normalized spacial score (nSPS) is 11.9. The summed E-state index contributed by atoms with van der Waals surface area (Å²) < 4.78 is 10.7. The van der Waals surface area contributed by atoms with Gasteiger partial charge in [-0.1, -0.05) is 18.2 Å². The van der Waals surface area contributed by atoms with E-state index in [9.17, 15) is 0 Å². The van der Waals surface area contributed by atoms with Crippen LogP contribution in [0, 0.1) is 0 Å². The van der Waals surface area contributed by atoms with Gasteiger partial charge in [-0.3, -0.25) is 4.98 Å². The fourth-order valence-corrected chi connectivity index (χ4v) is 2.09. The summed E-state index contributed by atoms with van der Waals surface area (Å²) in [7, 11) is 3.30. The van der Waals surface area contributed by atoms with Gasteiger partial charge in [0.2, 0.25) is 0 Å². The van der Waals surface area contributed by atoms with E-state index < -0.39 is 0 Å². The number of para-hydroxylation sites is 1. The Morgan fingerprint density at radius 1 is 1.10 bits per heavy atom. The Labute approximate surface area is 119 Å². The lowest BCUT2D eigenvalue weighted by molar-refractivity contribution is 0.350. The summed E-state index contributed by atoms with van der Waals surface area (Å²) in [6.45, 7) is 2.78. The van der Waals surface area contributed by atoms with Crippen molar-refractivity contribution in [2.45, 2.75) is 19.5 Å². The number of aromatic nitrogens is 1. The summed E-state index contributed by atoms with van der Waals surface area (Å²) in [4.78, 5) is 4.35. The minimum Gasteiger partial charge on any atom is -0.493 e. The quantitative estimate of drug-likeness (QED) is 0.878. The van der Waals surface area contributed by atoms with Crippen LogP contribution in [-0.4, -0.2) is 19.2 Å². The summed E-state index contributed by atoms with van der Waals surface area (Å²) in [5.41, 5.74) is 2.09. The van der Waals surface area contributed by atoms with Gasteiger partial charge in [-0.15, -0.1) is 0 Å². The molecule has 2 aromatic rings. The van der Waals surface area contributed by atoms with E-state index in [2.05, 4.69) is 17.2 Å². The van der Waals surface area contributed by atoms with E-state index >= 15 is 0 Å². The van der Waals surface area contributed by atoms with E-state index in [0.717, 1.165) is 22.8 Å². The maximum absolute atomic E-state index is 5.42. The molecule has 1 aromatic heterocycles. The molecule has 20 heavy (non-hydrogen) atoms. The predicted molar refractivity (Wildman–Crippen MR) is 79.0 cm³/mol. The molecule has 0 spiro atoms. The van der Waals surface area contributed by atoms with Crippen molar-refractivity contribution < 1.29 is 9.47 Å². The van der Waals surface area contributed by atoms with E-state index in [4.69, 9.17) is 9.47 Å². The molecule has 1 N–H and O–H groups in total. The smallest absolute Gasteiger partial charge is 0.165 e. The lowest BCUT2D eigenvalue weighted by Gasteiger charge is -2.16. The van der Waals surface area contributed by atoms with Gasteiger partial charge >= 0.3 is 0 Å². The highest BCUT2D eigenvalue weighted by atomic mass is 16.5. The SMILES string of the molecule is COc1cccc(CNC(C)c2ccccn2)c1OC. The molecular formula is C16H20N2O2. The second-order valence-electron chi connectivity index (χ2n) is 4.51. The summed E-state index contributed by atoms with van der Waals surface area (Å²) in [6, 6.07) is 12.0. The summed E-state index contributed by atoms with van der Waals surface area (Å²) in [5.74, 6) is 1.52. The van der Waals surface area contributed by atoms with Crippen molar-refractivity contribution in [1.29, 1.82) is 0 Å². The third kappa shape index (κ3) is 3.27. The maximum atomic E-state index is 5.42. The van der Waals surface area contributed by atoms with Gasteiger partial charge in [0.1, 0.15) is 0 Å². The first-order chi connectivity index (χ1) is 9.76. The standard InChI is InChI=1S/C16H20N2O2/c1-12(14-8-4-5-10-17-14)18-11-13-7-6-9-15(19-2)16(13)20-3/h4-10,12,18H,11H2,1-3H3. The number of rotatable bonds is 6. The molecule has 1 unspecified atom stereocenters. The van der Waals surface area contributed by atoms with Crippen LogP contribution in [0.2, 0.25) is 0 Å². The number of methoxy groups -OCH3 is 2. The molecule has 4 heteroatoms. The predicted octanol–water partition coefficient (Wildman–Crippen LogP) is 2.95. The fraction of sp³-hybridized carbons (Fsp3) is 0.312. The third-order valence-corrected chi connectivity index (χ3v) is 3.21. The maximum Gasteiger partial charge on any atom is 0.165 e. The van der Waals surface area contributed by atoms with Gasteiger partial charge in [0.15, 0.2) is 11.5 Å². The molecule has 2 rings (SSSR count). The van der Waals surface area contributed by atoms with Crippen molar-refractivity contribution >= 4 is 0 Å². The van der Waals surface area contributed by atoms with E-state index in [0.29, 0.717) is 6.54 Å². The van der Waals surface area contributed by atoms with Crippen molar-refractivity contribution in [3.8, 4) is 11.5 Å². The molecule has 1 atom stereocenters. The van der Waals surface area contributed by atoms with Crippen LogP contribution in [0.1, 0.15) is 24.2 Å². The molecule has 106 valence electrons. The molecule has 0 amide bonds. The van der Waals surface area contributed by atoms with Crippen molar-refractivity contribution in [3.05, 3.63) is 53.9 Å². The second-order valence-corrected chi connectivity index (χ2v) is 4.51. The molecule has 4 nitrogen and oxygen atoms in total. The average molecular weight is 272 g/mol. The summed E-state index contributed by atoms with van der Waals surface area (Å²) >= 11 is 0. The second kappa shape index (κ2) is 6.91. The van der Waals surface area contributed by atoms with Gasteiger partial charge in [0.25, 0.3) is 0 Å². The molecule has 0 radical (unpaired) electrons. The zero-order valence-electron chi connectivity index (χ0n) is 12.1. The number of ether oxygens (including phenoxy) is 2. The van der Waals surface area contributed by atoms with Crippen LogP contribution in [0.5, 0.6) is 11.5 Å². The molecule has 0 aliphatic rings. The van der Waals surface area contributed by atoms with E-state index in [1.807, 2.05) is 36.4 Å². The van der Waals surface area contributed by atoms with E-state index in [1.54, 1.807) is 20.4 Å². The van der Waals surface area contributed by atoms with Crippen LogP contribution in [0.4, 0.5) is 0 Å². The monoisotopic (exact) mass is 272 g/mol. The van der Waals surface area contributed by atoms with Crippen molar-refractivity contribution in [2.75, 3.05) is 14.2 Å². The number of benzene rings is 1. The third-order valence-electron chi connectivity index (χ3n) is 3.21. The number of hydrogen-bond acceptors (Lipinski definition) is 4. The van der Waals surface area contributed by atoms with Gasteiger partial charge in [0.05, 0.1) is 19.9 Å². The Balaban J connectivity index is 2.07. The van der Waals surface area contributed by atoms with Gasteiger partial charge in [-0.2, -0.15) is 0 Å². The number of nitrogens with one attached hydrogen (secondary N) is 1. The Morgan fingerprint density at radius 2 is 1.95 bits per heavy atom. The van der Waals surface area contributed by atoms with Crippen LogP contribution in [0.25, 0.3) is 0 Å². The average Bonchev–Trinajstić information content (AvgIpc) is 2.52. The first kappa shape index (κ1) is 14.3. The summed E-state index contributed by atoms with van der Waals surface area (Å²) in [6.07, 6.45) is 1.81. The zero-order valence-corrected chi connectivity index (χ0v) is 12.1. The minimum absolute atomic E-state index is 0.173. The molecule has 0 fully saturated rings. The van der Waals surface area contributed by atoms with Crippen molar-refractivity contribution in [1.82, 2.24) is 10.3 Å².